The summed E-state index contributed by atoms with van der Waals surface area (Å²) in [6.45, 7) is 9.28. The molecule has 0 aromatic heterocycles. The molecule has 4 aliphatic carbocycles. The molecule has 5 saturated heterocycles. The molecule has 30 heteroatoms. The molecular formula is C60H100O30. The molecular weight excluding hydrogens is 1200 g/mol. The maximum absolute atomic E-state index is 15.4. The lowest BCUT2D eigenvalue weighted by Gasteiger charge is -2.65. The maximum Gasteiger partial charge on any atom is 0.187 e. The van der Waals surface area contributed by atoms with Gasteiger partial charge >= 0.3 is 0 Å². The number of ketones is 1. The standard InChI is InChI=1S/C60H100O30/c1-23(8-12-35(57(4,5)80)89-55-50(90-54-49(79)43(73)38(68)29(19-63)85-54)45(75)40(70)31(87-55)21-82-52-47(77)42(72)37(67)28(18-62)84-52)24-14-15-58(6)32-11-9-25-26(60(32,22-64)33(65)16-59(24,58)7)10-13-34(56(25,2)3)88-53-48(78)44(74)39(69)30(86-53)20-81-51-46(76)41(71)36(66)27(17-61)83-51/h9,23-24,26-32,34-55,61-64,66-80H,8,10-22H2,1-7H3/t23-,24-,26?,27-,28-,29-,30-,31-,32+,34+,35-,36-,37-,38-,39-,40-,41+,42+,43+,44+,45+,46-,47-,48-,49-,50-,51-,52-,53+,54+,55+,58+,59-,60+/m1/s1. The highest BCUT2D eigenvalue weighted by molar-refractivity contribution is 5.89. The van der Waals surface area contributed by atoms with Gasteiger partial charge in [0.05, 0.1) is 62.9 Å². The van der Waals surface area contributed by atoms with Gasteiger partial charge in [-0.3, -0.25) is 4.79 Å². The molecule has 9 aliphatic rings. The number of Topliss-reactive ketones (excluding diaryl/α,β-unsaturated/α-hetero) is 1. The smallest absolute Gasteiger partial charge is 0.187 e. The minimum Gasteiger partial charge on any atom is -0.395 e. The molecule has 30 nitrogen and oxygen atoms in total. The first-order chi connectivity index (χ1) is 42.2. The van der Waals surface area contributed by atoms with E-state index in [4.69, 9.17) is 47.4 Å². The van der Waals surface area contributed by atoms with Crippen molar-refractivity contribution in [3.8, 4) is 0 Å². The molecule has 520 valence electrons. The van der Waals surface area contributed by atoms with E-state index in [0.29, 0.717) is 38.5 Å². The van der Waals surface area contributed by atoms with E-state index < -0.39 is 239 Å². The predicted octanol–water partition coefficient (Wildman–Crippen LogP) is -6.23. The first-order valence-corrected chi connectivity index (χ1v) is 31.6. The maximum atomic E-state index is 15.4. The summed E-state index contributed by atoms with van der Waals surface area (Å²) >= 11 is 0. The number of aliphatic hydroxyl groups excluding tert-OH is 18. The summed E-state index contributed by atoms with van der Waals surface area (Å²) in [5.41, 5.74) is -3.91. The summed E-state index contributed by atoms with van der Waals surface area (Å²) in [4.78, 5) is 15.4. The van der Waals surface area contributed by atoms with E-state index in [1.807, 2.05) is 13.8 Å². The summed E-state index contributed by atoms with van der Waals surface area (Å²) in [6, 6.07) is 0. The van der Waals surface area contributed by atoms with Gasteiger partial charge in [0.1, 0.15) is 128 Å². The lowest BCUT2D eigenvalue weighted by molar-refractivity contribution is -0.380. The molecule has 9 rings (SSSR count). The quantitative estimate of drug-likeness (QED) is 0.0476. The van der Waals surface area contributed by atoms with Crippen LogP contribution in [0.25, 0.3) is 0 Å². The van der Waals surface area contributed by atoms with Gasteiger partial charge in [0.2, 0.25) is 0 Å². The third kappa shape index (κ3) is 12.9. The van der Waals surface area contributed by atoms with Crippen molar-refractivity contribution in [3.63, 3.8) is 0 Å². The first kappa shape index (κ1) is 72.5. The fraction of sp³-hybridized carbons (Fsp3) is 0.950. The van der Waals surface area contributed by atoms with Gasteiger partial charge in [0.15, 0.2) is 31.5 Å². The van der Waals surface area contributed by atoms with Crippen LogP contribution in [0.3, 0.4) is 0 Å². The molecule has 90 heavy (non-hydrogen) atoms. The Kier molecular flexibility index (Phi) is 22.6. The fourth-order valence-electron chi connectivity index (χ4n) is 16.8. The van der Waals surface area contributed by atoms with Crippen molar-refractivity contribution in [2.75, 3.05) is 39.6 Å². The van der Waals surface area contributed by atoms with Crippen molar-refractivity contribution in [3.05, 3.63) is 11.6 Å². The minimum absolute atomic E-state index is 0.0753. The van der Waals surface area contributed by atoms with Gasteiger partial charge in [-0.2, -0.15) is 0 Å². The van der Waals surface area contributed by atoms with E-state index in [1.165, 1.54) is 13.8 Å². The number of carbonyl (C=O) groups is 1. The van der Waals surface area contributed by atoms with Crippen molar-refractivity contribution in [1.29, 1.82) is 0 Å². The summed E-state index contributed by atoms with van der Waals surface area (Å²) < 4.78 is 59.1. The van der Waals surface area contributed by atoms with Gasteiger partial charge in [0.25, 0.3) is 0 Å². The highest BCUT2D eigenvalue weighted by atomic mass is 16.8. The van der Waals surface area contributed by atoms with E-state index in [9.17, 15) is 97.0 Å². The number of rotatable bonds is 21. The van der Waals surface area contributed by atoms with Crippen LogP contribution < -0.4 is 0 Å². The Morgan fingerprint density at radius 1 is 0.544 bits per heavy atom. The molecule has 3 saturated carbocycles. The SMILES string of the molecule is C[C@H](CC[C@@H](O[C@@H]1O[C@H](CO[C@@H]2O[C@H](CO)[C@@H](O)[C@H](O)[C@H]2O)[C@@H](O)[C@H](O)[C@H]1O[C@@H]1O[C@H](CO)[C@@H](O)[C@H](O)[C@H]1O)C(C)(C)O)[C@H]1CC[C@@]2(C)[C@@H]3CC=C4C(CC[C@H](O[C@@H]5O[C@H](CO[C@@H]6O[C@H](CO)[C@@H](O)[C@H](O)[C@H]6O)[C@@H](O)[C@H](O)[C@H]5O)C4(C)C)[C@]3(CO)C(=O)C[C@]12C. The van der Waals surface area contributed by atoms with Gasteiger partial charge < -0.3 is 144 Å². The topological polar surface area (TPSA) is 494 Å². The molecule has 0 amide bonds. The summed E-state index contributed by atoms with van der Waals surface area (Å²) in [5, 5.41) is 204. The normalized spacial score (nSPS) is 50.5. The fourth-order valence-corrected chi connectivity index (χ4v) is 16.8. The van der Waals surface area contributed by atoms with Crippen LogP contribution in [-0.2, 0) is 52.2 Å². The zero-order chi connectivity index (χ0) is 66.2. The molecule has 5 aliphatic heterocycles. The number of hydrogen-bond acceptors (Lipinski definition) is 30. The Hall–Kier alpha value is -1.75. The Bertz CT molecular complexity index is 2410. The second-order valence-corrected chi connectivity index (χ2v) is 28.4. The average molecular weight is 1300 g/mol. The van der Waals surface area contributed by atoms with Crippen molar-refractivity contribution in [1.82, 2.24) is 0 Å². The van der Waals surface area contributed by atoms with E-state index in [0.717, 1.165) is 5.57 Å². The molecule has 19 N–H and O–H groups in total. The number of hydrogen-bond donors (Lipinski definition) is 19. The van der Waals surface area contributed by atoms with Crippen molar-refractivity contribution in [2.45, 2.75) is 271 Å². The molecule has 0 aromatic carbocycles. The molecule has 34 atom stereocenters. The van der Waals surface area contributed by atoms with Crippen LogP contribution in [0.4, 0.5) is 0 Å². The third-order valence-electron chi connectivity index (χ3n) is 22.6. The summed E-state index contributed by atoms with van der Waals surface area (Å²) in [5.74, 6) is -1.01. The van der Waals surface area contributed by atoms with Crippen molar-refractivity contribution < 1.29 is 149 Å². The Morgan fingerprint density at radius 2 is 0.989 bits per heavy atom. The zero-order valence-electron chi connectivity index (χ0n) is 51.9. The Labute approximate surface area is 521 Å². The van der Waals surface area contributed by atoms with Crippen LogP contribution in [-0.4, -0.2) is 314 Å². The number of aliphatic hydroxyl groups is 19. The van der Waals surface area contributed by atoms with Gasteiger partial charge in [-0.15, -0.1) is 0 Å². The summed E-state index contributed by atoms with van der Waals surface area (Å²) in [7, 11) is 0. The molecule has 8 fully saturated rings. The number of carbonyl (C=O) groups excluding carboxylic acids is 1. The zero-order valence-corrected chi connectivity index (χ0v) is 51.9. The highest BCUT2D eigenvalue weighted by Gasteiger charge is 2.72. The Morgan fingerprint density at radius 3 is 1.48 bits per heavy atom. The minimum atomic E-state index is -1.98. The third-order valence-corrected chi connectivity index (χ3v) is 22.6. The van der Waals surface area contributed by atoms with E-state index in [1.54, 1.807) is 0 Å². The van der Waals surface area contributed by atoms with Crippen LogP contribution in [0.2, 0.25) is 0 Å². The second-order valence-electron chi connectivity index (χ2n) is 28.4. The summed E-state index contributed by atoms with van der Waals surface area (Å²) in [6.07, 6.45) is -38.9. The van der Waals surface area contributed by atoms with E-state index >= 15 is 4.79 Å². The van der Waals surface area contributed by atoms with Crippen molar-refractivity contribution >= 4 is 5.78 Å². The molecule has 0 aromatic rings. The van der Waals surface area contributed by atoms with Crippen molar-refractivity contribution in [2.24, 2.45) is 45.3 Å². The monoisotopic (exact) mass is 1300 g/mol. The van der Waals surface area contributed by atoms with Gasteiger partial charge in [0, 0.05) is 11.8 Å². The van der Waals surface area contributed by atoms with Crippen LogP contribution in [0.15, 0.2) is 11.6 Å². The molecule has 1 unspecified atom stereocenters. The second kappa shape index (κ2) is 28.0. The van der Waals surface area contributed by atoms with E-state index in [-0.39, 0.29) is 36.4 Å². The van der Waals surface area contributed by atoms with Crippen LogP contribution in [0.1, 0.15) is 99.8 Å². The lowest BCUT2D eigenvalue weighted by Crippen LogP contribution is -2.66. The molecule has 5 heterocycles. The average Bonchev–Trinajstić information content (AvgIpc) is 1.28. The van der Waals surface area contributed by atoms with Crippen LogP contribution in [0.5, 0.6) is 0 Å². The number of ether oxygens (including phenoxy) is 10. The van der Waals surface area contributed by atoms with Crippen LogP contribution in [0, 0.1) is 45.3 Å². The Balaban J connectivity index is 0.894. The molecule has 0 spiro atoms. The largest absolute Gasteiger partial charge is 0.395 e. The number of fused-ring (bicyclic) bond motifs is 5. The highest BCUT2D eigenvalue weighted by Crippen LogP contribution is 2.74. The van der Waals surface area contributed by atoms with Gasteiger partial charge in [-0.25, -0.2) is 0 Å². The van der Waals surface area contributed by atoms with Crippen LogP contribution >= 0.6 is 0 Å². The van der Waals surface area contributed by atoms with E-state index in [2.05, 4.69) is 26.8 Å². The first-order valence-electron chi connectivity index (χ1n) is 31.6. The molecule has 0 bridgehead atoms. The molecule has 0 radical (unpaired) electrons. The lowest BCUT2D eigenvalue weighted by atomic mass is 9.38. The van der Waals surface area contributed by atoms with Gasteiger partial charge in [-0.1, -0.05) is 46.3 Å². The number of allylic oxidation sites excluding steroid dienone is 1. The van der Waals surface area contributed by atoms with Gasteiger partial charge in [-0.05, 0) is 93.3 Å². The predicted molar refractivity (Wildman–Crippen MR) is 301 cm³/mol.